The third kappa shape index (κ3) is 5.53. The van der Waals surface area contributed by atoms with E-state index in [9.17, 15) is 4.79 Å². The van der Waals surface area contributed by atoms with E-state index in [0.29, 0.717) is 6.54 Å². The monoisotopic (exact) mass is 360 g/mol. The average molecular weight is 361 g/mol. The van der Waals surface area contributed by atoms with Crippen LogP contribution in [-0.2, 0) is 13.0 Å². The van der Waals surface area contributed by atoms with Crippen molar-refractivity contribution in [1.29, 1.82) is 0 Å². The van der Waals surface area contributed by atoms with Crippen molar-refractivity contribution in [2.75, 3.05) is 5.32 Å². The molecule has 22 heavy (non-hydrogen) atoms. The largest absolute Gasteiger partial charge is 0.334 e. The molecule has 0 heterocycles. The second kappa shape index (κ2) is 8.59. The molecule has 0 spiro atoms. The van der Waals surface area contributed by atoms with Crippen LogP contribution in [0, 0.1) is 0 Å². The predicted octanol–water partition coefficient (Wildman–Crippen LogP) is 5.11. The van der Waals surface area contributed by atoms with Gasteiger partial charge in [-0.2, -0.15) is 0 Å². The van der Waals surface area contributed by atoms with Crippen molar-refractivity contribution >= 4 is 27.6 Å². The van der Waals surface area contributed by atoms with Crippen LogP contribution in [0.3, 0.4) is 0 Å². The molecule has 0 unspecified atom stereocenters. The molecular formula is C18H21BrN2O. The van der Waals surface area contributed by atoms with E-state index in [1.54, 1.807) is 0 Å². The number of rotatable bonds is 6. The highest BCUT2D eigenvalue weighted by Crippen LogP contribution is 2.13. The maximum atomic E-state index is 11.9. The molecule has 3 nitrogen and oxygen atoms in total. The summed E-state index contributed by atoms with van der Waals surface area (Å²) in [5, 5.41) is 5.70. The van der Waals surface area contributed by atoms with Crippen LogP contribution in [0.5, 0.6) is 0 Å². The zero-order valence-electron chi connectivity index (χ0n) is 12.7. The summed E-state index contributed by atoms with van der Waals surface area (Å²) in [6.45, 7) is 2.69. The molecule has 0 fully saturated rings. The summed E-state index contributed by atoms with van der Waals surface area (Å²) >= 11 is 3.42. The average Bonchev–Trinajstić information content (AvgIpc) is 2.52. The third-order valence-electron chi connectivity index (χ3n) is 3.37. The fourth-order valence-electron chi connectivity index (χ4n) is 2.14. The van der Waals surface area contributed by atoms with Crippen molar-refractivity contribution in [1.82, 2.24) is 5.32 Å². The molecule has 2 aromatic carbocycles. The van der Waals surface area contributed by atoms with E-state index in [1.807, 2.05) is 36.4 Å². The van der Waals surface area contributed by atoms with Crippen LogP contribution in [0.1, 0.15) is 30.9 Å². The van der Waals surface area contributed by atoms with Crippen molar-refractivity contribution in [2.24, 2.45) is 0 Å². The normalized spacial score (nSPS) is 10.3. The smallest absolute Gasteiger partial charge is 0.319 e. The number of hydrogen-bond acceptors (Lipinski definition) is 1. The molecule has 0 radical (unpaired) electrons. The van der Waals surface area contributed by atoms with Gasteiger partial charge in [-0.25, -0.2) is 4.79 Å². The molecule has 2 aromatic rings. The summed E-state index contributed by atoms with van der Waals surface area (Å²) in [7, 11) is 0. The lowest BCUT2D eigenvalue weighted by atomic mass is 10.1. The summed E-state index contributed by atoms with van der Waals surface area (Å²) in [6.07, 6.45) is 3.48. The van der Waals surface area contributed by atoms with Crippen LogP contribution in [0.25, 0.3) is 0 Å². The molecule has 0 aliphatic heterocycles. The van der Waals surface area contributed by atoms with Crippen molar-refractivity contribution < 1.29 is 4.79 Å². The lowest BCUT2D eigenvalue weighted by Gasteiger charge is -2.09. The lowest BCUT2D eigenvalue weighted by molar-refractivity contribution is 0.251. The number of halogens is 1. The Hall–Kier alpha value is -1.81. The Bertz CT molecular complexity index is 611. The zero-order chi connectivity index (χ0) is 15.8. The van der Waals surface area contributed by atoms with E-state index in [-0.39, 0.29) is 6.03 Å². The minimum absolute atomic E-state index is 0.193. The minimum Gasteiger partial charge on any atom is -0.334 e. The third-order valence-corrected chi connectivity index (χ3v) is 3.87. The number of carbonyl (C=O) groups is 1. The Morgan fingerprint density at radius 1 is 1.09 bits per heavy atom. The van der Waals surface area contributed by atoms with Crippen molar-refractivity contribution in [2.45, 2.75) is 32.7 Å². The topological polar surface area (TPSA) is 41.1 Å². The van der Waals surface area contributed by atoms with Crippen molar-refractivity contribution in [3.05, 3.63) is 64.1 Å². The molecule has 0 saturated carbocycles. The summed E-state index contributed by atoms with van der Waals surface area (Å²) in [6, 6.07) is 15.7. The number of aryl methyl sites for hydroxylation is 1. The summed E-state index contributed by atoms with van der Waals surface area (Å²) in [5.41, 5.74) is 3.17. The van der Waals surface area contributed by atoms with Gasteiger partial charge in [0.15, 0.2) is 0 Å². The van der Waals surface area contributed by atoms with Crippen LogP contribution in [0.2, 0.25) is 0 Å². The van der Waals surface area contributed by atoms with Gasteiger partial charge in [0.25, 0.3) is 0 Å². The van der Waals surface area contributed by atoms with Crippen LogP contribution in [-0.4, -0.2) is 6.03 Å². The Labute approximate surface area is 140 Å². The first-order chi connectivity index (χ1) is 10.7. The fraction of sp³-hybridized carbons (Fsp3) is 0.278. The second-order valence-electron chi connectivity index (χ2n) is 5.24. The first kappa shape index (κ1) is 16.6. The summed E-state index contributed by atoms with van der Waals surface area (Å²) in [5.74, 6) is 0. The quantitative estimate of drug-likeness (QED) is 0.737. The minimum atomic E-state index is -0.193. The molecule has 0 aromatic heterocycles. The molecule has 116 valence electrons. The Kier molecular flexibility index (Phi) is 6.46. The van der Waals surface area contributed by atoms with Gasteiger partial charge in [-0.3, -0.25) is 0 Å². The zero-order valence-corrected chi connectivity index (χ0v) is 14.3. The maximum Gasteiger partial charge on any atom is 0.319 e. The number of amides is 2. The Morgan fingerprint density at radius 2 is 1.86 bits per heavy atom. The second-order valence-corrected chi connectivity index (χ2v) is 6.15. The number of unbranched alkanes of at least 4 members (excludes halogenated alkanes) is 1. The fourth-order valence-corrected chi connectivity index (χ4v) is 2.59. The number of benzene rings is 2. The molecule has 0 aliphatic rings. The molecule has 4 heteroatoms. The van der Waals surface area contributed by atoms with E-state index in [4.69, 9.17) is 0 Å². The number of nitrogens with one attached hydrogen (secondary N) is 2. The molecule has 0 atom stereocenters. The maximum absolute atomic E-state index is 11.9. The summed E-state index contributed by atoms with van der Waals surface area (Å²) in [4.78, 5) is 11.9. The van der Waals surface area contributed by atoms with Crippen LogP contribution >= 0.6 is 15.9 Å². The van der Waals surface area contributed by atoms with Gasteiger partial charge in [-0.1, -0.05) is 53.5 Å². The van der Waals surface area contributed by atoms with E-state index < -0.39 is 0 Å². The lowest BCUT2D eigenvalue weighted by Crippen LogP contribution is -2.28. The van der Waals surface area contributed by atoms with Crippen molar-refractivity contribution in [3.63, 3.8) is 0 Å². The highest BCUT2D eigenvalue weighted by atomic mass is 79.9. The Morgan fingerprint density at radius 3 is 2.55 bits per heavy atom. The highest BCUT2D eigenvalue weighted by Gasteiger charge is 2.02. The number of hydrogen-bond donors (Lipinski definition) is 2. The first-order valence-corrected chi connectivity index (χ1v) is 8.35. The van der Waals surface area contributed by atoms with Crippen LogP contribution in [0.4, 0.5) is 10.5 Å². The van der Waals surface area contributed by atoms with Gasteiger partial charge in [0, 0.05) is 16.7 Å². The van der Waals surface area contributed by atoms with E-state index in [2.05, 4.69) is 45.6 Å². The van der Waals surface area contributed by atoms with Gasteiger partial charge in [0.05, 0.1) is 0 Å². The van der Waals surface area contributed by atoms with E-state index in [1.165, 1.54) is 18.4 Å². The van der Waals surface area contributed by atoms with Crippen LogP contribution < -0.4 is 10.6 Å². The van der Waals surface area contributed by atoms with E-state index in [0.717, 1.165) is 22.1 Å². The first-order valence-electron chi connectivity index (χ1n) is 7.55. The molecule has 0 bridgehead atoms. The Balaban J connectivity index is 1.81. The molecule has 2 rings (SSSR count). The molecule has 0 saturated heterocycles. The van der Waals surface area contributed by atoms with Gasteiger partial charge in [-0.05, 0) is 48.2 Å². The predicted molar refractivity (Wildman–Crippen MR) is 95.1 cm³/mol. The van der Waals surface area contributed by atoms with Gasteiger partial charge < -0.3 is 10.6 Å². The number of anilines is 1. The molecule has 2 amide bonds. The van der Waals surface area contributed by atoms with Gasteiger partial charge in [0.1, 0.15) is 0 Å². The number of urea groups is 1. The van der Waals surface area contributed by atoms with Crippen molar-refractivity contribution in [3.8, 4) is 0 Å². The van der Waals surface area contributed by atoms with E-state index >= 15 is 0 Å². The van der Waals surface area contributed by atoms with Gasteiger partial charge >= 0.3 is 6.03 Å². The van der Waals surface area contributed by atoms with Crippen LogP contribution in [0.15, 0.2) is 53.0 Å². The molecule has 0 aliphatic carbocycles. The van der Waals surface area contributed by atoms with Gasteiger partial charge in [-0.15, -0.1) is 0 Å². The standard InChI is InChI=1S/C18H21BrN2O/c1-2-3-5-14-8-10-17(11-9-14)21-18(22)20-13-15-6-4-7-16(19)12-15/h4,6-12H,2-3,5,13H2,1H3,(H2,20,21,22). The number of carbonyl (C=O) groups excluding carboxylic acids is 1. The van der Waals surface area contributed by atoms with Gasteiger partial charge in [0.2, 0.25) is 0 Å². The summed E-state index contributed by atoms with van der Waals surface area (Å²) < 4.78 is 1.01. The highest BCUT2D eigenvalue weighted by molar-refractivity contribution is 9.10. The SMILES string of the molecule is CCCCc1ccc(NC(=O)NCc2cccc(Br)c2)cc1. The molecular weight excluding hydrogens is 340 g/mol. The molecule has 2 N–H and O–H groups in total.